The van der Waals surface area contributed by atoms with E-state index in [1.807, 2.05) is 49.5 Å². The maximum atomic E-state index is 13.9. The number of nitrogens with zero attached hydrogens (tertiary/aromatic N) is 5. The number of β-lactam (4-membered cyclic amide) rings is 1. The minimum atomic E-state index is -0.967. The minimum absolute atomic E-state index is 0.00167. The largest absolute Gasteiger partial charge is 0.475 e. The van der Waals surface area contributed by atoms with Crippen LogP contribution in [-0.4, -0.2) is 78.7 Å². The number of unbranched alkanes of at least 4 members (excludes halogenated alkanes) is 8. The van der Waals surface area contributed by atoms with Crippen LogP contribution in [0, 0.1) is 20.8 Å². The lowest BCUT2D eigenvalue weighted by Gasteiger charge is -2.61. The lowest BCUT2D eigenvalue weighted by Crippen LogP contribution is -2.85. The Bertz CT molecular complexity index is 2170. The lowest BCUT2D eigenvalue weighted by atomic mass is 9.60. The van der Waals surface area contributed by atoms with Crippen molar-refractivity contribution in [2.45, 2.75) is 161 Å². The zero-order valence-corrected chi connectivity index (χ0v) is 37.3. The van der Waals surface area contributed by atoms with Crippen molar-refractivity contribution in [1.29, 1.82) is 0 Å². The fourth-order valence-corrected chi connectivity index (χ4v) is 9.14. The summed E-state index contributed by atoms with van der Waals surface area (Å²) in [5.41, 5.74) is 2.98. The van der Waals surface area contributed by atoms with Crippen molar-refractivity contribution >= 4 is 11.6 Å². The molecule has 1 aliphatic carbocycles. The Labute approximate surface area is 361 Å². The van der Waals surface area contributed by atoms with E-state index in [1.165, 1.54) is 37.7 Å². The minimum Gasteiger partial charge on any atom is -0.475 e. The molecular formula is C48H68N8O5. The SMILES string of the molecule is CCCCCCCCOC1CCC2(CC1OCNCC(C)c1nc3c(-n4cccn4)c(Oc4ccccc4C)nn3[nH]1)NC(=O)C2(CCCCCC)Oc1ccc(C)cc1C. The van der Waals surface area contributed by atoms with E-state index in [9.17, 15) is 4.79 Å². The second kappa shape index (κ2) is 20.4. The third kappa shape index (κ3) is 10.00. The number of aromatic amines is 1. The molecule has 2 aliphatic rings. The number of carbonyl (C=O) groups is 1. The van der Waals surface area contributed by atoms with Crippen molar-refractivity contribution in [2.24, 2.45) is 0 Å². The average Bonchev–Trinajstić information content (AvgIpc) is 4.00. The molecule has 5 atom stereocenters. The van der Waals surface area contributed by atoms with Gasteiger partial charge >= 0.3 is 0 Å². The molecule has 3 N–H and O–H groups in total. The molecule has 1 spiro atoms. The van der Waals surface area contributed by atoms with Crippen LogP contribution in [0.3, 0.4) is 0 Å². The zero-order chi connectivity index (χ0) is 42.8. The van der Waals surface area contributed by atoms with Gasteiger partial charge in [0.2, 0.25) is 11.2 Å². The van der Waals surface area contributed by atoms with Crippen molar-refractivity contribution in [3.05, 3.63) is 83.4 Å². The number of aromatic nitrogens is 6. The molecule has 2 aromatic carbocycles. The van der Waals surface area contributed by atoms with Crippen LogP contribution in [0.2, 0.25) is 0 Å². The highest BCUT2D eigenvalue weighted by molar-refractivity contribution is 5.95. The van der Waals surface area contributed by atoms with Crippen molar-refractivity contribution < 1.29 is 23.7 Å². The van der Waals surface area contributed by atoms with Gasteiger partial charge in [0.25, 0.3) is 11.8 Å². The van der Waals surface area contributed by atoms with Crippen LogP contribution in [0.5, 0.6) is 17.4 Å². The van der Waals surface area contributed by atoms with Gasteiger partial charge in [-0.3, -0.25) is 15.2 Å². The second-order valence-electron chi connectivity index (χ2n) is 17.5. The van der Waals surface area contributed by atoms with Crippen molar-refractivity contribution in [3.63, 3.8) is 0 Å². The number of ether oxygens (including phenoxy) is 4. The van der Waals surface area contributed by atoms with Gasteiger partial charge < -0.3 is 24.3 Å². The summed E-state index contributed by atoms with van der Waals surface area (Å²) in [5, 5.41) is 19.5. The molecule has 4 heterocycles. The summed E-state index contributed by atoms with van der Waals surface area (Å²) in [7, 11) is 0. The summed E-state index contributed by atoms with van der Waals surface area (Å²) >= 11 is 0. The van der Waals surface area contributed by atoms with E-state index in [2.05, 4.69) is 67.6 Å². The van der Waals surface area contributed by atoms with Crippen LogP contribution in [0.1, 0.15) is 139 Å². The monoisotopic (exact) mass is 837 g/mol. The summed E-state index contributed by atoms with van der Waals surface area (Å²) < 4.78 is 30.1. The molecule has 13 nitrogen and oxygen atoms in total. The number of carbonyl (C=O) groups excluding carboxylic acids is 1. The molecule has 7 rings (SSSR count). The molecule has 13 heteroatoms. The maximum Gasteiger partial charge on any atom is 0.269 e. The van der Waals surface area contributed by atoms with Crippen molar-refractivity contribution in [3.8, 4) is 23.1 Å². The number of amides is 1. The zero-order valence-electron chi connectivity index (χ0n) is 37.3. The first kappa shape index (κ1) is 44.3. The van der Waals surface area contributed by atoms with Gasteiger partial charge in [-0.25, -0.2) is 9.67 Å². The Hall–Kier alpha value is -4.72. The Kier molecular flexibility index (Phi) is 14.9. The van der Waals surface area contributed by atoms with Gasteiger partial charge in [-0.1, -0.05) is 108 Å². The first-order valence-corrected chi connectivity index (χ1v) is 22.9. The van der Waals surface area contributed by atoms with E-state index < -0.39 is 11.1 Å². The van der Waals surface area contributed by atoms with E-state index in [-0.39, 0.29) is 24.0 Å². The predicted octanol–water partition coefficient (Wildman–Crippen LogP) is 9.58. The van der Waals surface area contributed by atoms with E-state index in [0.29, 0.717) is 49.9 Å². The van der Waals surface area contributed by atoms with Crippen molar-refractivity contribution in [1.82, 2.24) is 40.2 Å². The normalized spacial score (nSPS) is 21.8. The van der Waals surface area contributed by atoms with Crippen molar-refractivity contribution in [2.75, 3.05) is 19.9 Å². The second-order valence-corrected chi connectivity index (χ2v) is 17.5. The molecule has 2 fully saturated rings. The fraction of sp³-hybridized carbons (Fsp3) is 0.583. The Morgan fingerprint density at radius 1 is 0.902 bits per heavy atom. The van der Waals surface area contributed by atoms with E-state index >= 15 is 0 Å². The number of nitrogens with one attached hydrogen (secondary N) is 3. The molecule has 61 heavy (non-hydrogen) atoms. The molecule has 1 saturated carbocycles. The number of aryl methyl sites for hydroxylation is 3. The molecule has 5 unspecified atom stereocenters. The average molecular weight is 837 g/mol. The fourth-order valence-electron chi connectivity index (χ4n) is 9.14. The number of para-hydroxylation sites is 1. The van der Waals surface area contributed by atoms with Gasteiger partial charge in [0.1, 0.15) is 17.3 Å². The molecule has 3 aromatic heterocycles. The van der Waals surface area contributed by atoms with Crippen LogP contribution < -0.4 is 20.1 Å². The third-order valence-electron chi connectivity index (χ3n) is 12.7. The van der Waals surface area contributed by atoms with Crippen LogP contribution in [0.15, 0.2) is 60.9 Å². The first-order valence-electron chi connectivity index (χ1n) is 22.9. The number of benzene rings is 2. The lowest BCUT2D eigenvalue weighted by molar-refractivity contribution is -0.195. The molecule has 5 aromatic rings. The summed E-state index contributed by atoms with van der Waals surface area (Å²) in [6, 6.07) is 15.9. The Morgan fingerprint density at radius 2 is 1.69 bits per heavy atom. The molecule has 1 amide bonds. The number of hydrogen-bond donors (Lipinski definition) is 3. The van der Waals surface area contributed by atoms with Gasteiger partial charge in [-0.15, -0.1) is 9.73 Å². The summed E-state index contributed by atoms with van der Waals surface area (Å²) in [5.74, 6) is 2.67. The predicted molar refractivity (Wildman–Crippen MR) is 238 cm³/mol. The van der Waals surface area contributed by atoms with Gasteiger partial charge in [0.05, 0.1) is 24.5 Å². The quantitative estimate of drug-likeness (QED) is 0.0315. The molecule has 0 bridgehead atoms. The molecular weight excluding hydrogens is 769 g/mol. The maximum absolute atomic E-state index is 13.9. The topological polar surface area (TPSA) is 142 Å². The molecule has 330 valence electrons. The van der Waals surface area contributed by atoms with E-state index in [1.54, 1.807) is 15.5 Å². The Balaban J connectivity index is 1.04. The molecule has 1 saturated heterocycles. The number of H-pyrrole nitrogens is 1. The summed E-state index contributed by atoms with van der Waals surface area (Å²) in [6.07, 6.45) is 17.6. The van der Waals surface area contributed by atoms with Gasteiger partial charge in [0, 0.05) is 37.9 Å². The highest BCUT2D eigenvalue weighted by atomic mass is 16.5. The van der Waals surface area contributed by atoms with E-state index in [0.717, 1.165) is 73.4 Å². The number of fused-ring (bicyclic) bond motifs is 1. The number of hydrogen-bond acceptors (Lipinski definition) is 9. The van der Waals surface area contributed by atoms with Crippen LogP contribution in [-0.2, 0) is 14.3 Å². The first-order chi connectivity index (χ1) is 29.7. The highest BCUT2D eigenvalue weighted by Gasteiger charge is 2.69. The van der Waals surface area contributed by atoms with Gasteiger partial charge in [-0.2, -0.15) is 5.10 Å². The standard InChI is InChI=1S/C48H68N8O5/c1-7-9-11-13-14-18-29-58-40-24-26-47(48(46(57)52-47,25-17-12-10-8-2)61-39-23-22-34(3)30-36(39)5)31-41(40)59-33-49-32-37(6)43-51-44-42(55-28-19-27-50-55)45(54-56(44)53-43)60-38-21-16-15-20-35(38)4/h15-16,19-23,27-28,30,37,40-41,49H,7-14,17-18,24-26,29,31-33H2,1-6H3,(H,51,53)(H,52,57). The van der Waals surface area contributed by atoms with Crippen LogP contribution in [0.4, 0.5) is 0 Å². The summed E-state index contributed by atoms with van der Waals surface area (Å²) in [6.45, 7) is 14.4. The van der Waals surface area contributed by atoms with Crippen LogP contribution in [0.25, 0.3) is 11.3 Å². The number of rotatable bonds is 24. The van der Waals surface area contributed by atoms with Gasteiger partial charge in [-0.05, 0) is 82.2 Å². The van der Waals surface area contributed by atoms with Crippen LogP contribution >= 0.6 is 0 Å². The Morgan fingerprint density at radius 3 is 2.44 bits per heavy atom. The molecule has 1 aliphatic heterocycles. The summed E-state index contributed by atoms with van der Waals surface area (Å²) in [4.78, 5) is 18.9. The molecule has 0 radical (unpaired) electrons. The highest BCUT2D eigenvalue weighted by Crippen LogP contribution is 2.50. The van der Waals surface area contributed by atoms with E-state index in [4.69, 9.17) is 29.0 Å². The third-order valence-corrected chi connectivity index (χ3v) is 12.7. The smallest absolute Gasteiger partial charge is 0.269 e. The van der Waals surface area contributed by atoms with Gasteiger partial charge in [0.15, 0.2) is 5.69 Å².